The van der Waals surface area contributed by atoms with Crippen molar-refractivity contribution in [3.05, 3.63) is 59.4 Å². The standard InChI is InChI=1S/C15H15N3O2S/c1-11-14-7-13(8-17-15(14)9-16-11)18-21(19,20)10-12-5-3-2-4-6-12/h2-8,18H,9-10H2,1H3. The molecule has 0 amide bonds. The maximum Gasteiger partial charge on any atom is 0.236 e. The van der Waals surface area contributed by atoms with Gasteiger partial charge < -0.3 is 0 Å². The molecule has 1 aromatic carbocycles. The number of benzene rings is 1. The predicted octanol–water partition coefficient (Wildman–Crippen LogP) is 2.35. The average molecular weight is 301 g/mol. The van der Waals surface area contributed by atoms with Crippen LogP contribution >= 0.6 is 0 Å². The van der Waals surface area contributed by atoms with Crippen molar-refractivity contribution < 1.29 is 8.42 Å². The Morgan fingerprint density at radius 2 is 2.00 bits per heavy atom. The number of nitrogens with zero attached hydrogens (tertiary/aromatic N) is 2. The van der Waals surface area contributed by atoms with Crippen molar-refractivity contribution in [1.82, 2.24) is 4.98 Å². The smallest absolute Gasteiger partial charge is 0.236 e. The number of aromatic nitrogens is 1. The Kier molecular flexibility index (Phi) is 3.47. The van der Waals surface area contributed by atoms with E-state index in [4.69, 9.17) is 0 Å². The third-order valence-electron chi connectivity index (χ3n) is 3.30. The predicted molar refractivity (Wildman–Crippen MR) is 82.8 cm³/mol. The summed E-state index contributed by atoms with van der Waals surface area (Å²) < 4.78 is 26.9. The Labute approximate surface area is 123 Å². The molecule has 0 saturated carbocycles. The second-order valence-electron chi connectivity index (χ2n) is 4.97. The summed E-state index contributed by atoms with van der Waals surface area (Å²) in [5.41, 5.74) is 3.91. The number of sulfonamides is 1. The molecule has 108 valence electrons. The molecule has 0 saturated heterocycles. The molecule has 0 atom stereocenters. The van der Waals surface area contributed by atoms with E-state index in [1.165, 1.54) is 6.20 Å². The van der Waals surface area contributed by atoms with Gasteiger partial charge in [-0.3, -0.25) is 14.7 Å². The molecule has 0 unspecified atom stereocenters. The van der Waals surface area contributed by atoms with Gasteiger partial charge in [-0.15, -0.1) is 0 Å². The molecule has 0 fully saturated rings. The molecule has 1 aromatic heterocycles. The molecule has 21 heavy (non-hydrogen) atoms. The monoisotopic (exact) mass is 301 g/mol. The molecule has 1 aliphatic rings. The molecule has 0 bridgehead atoms. The highest BCUT2D eigenvalue weighted by atomic mass is 32.2. The minimum absolute atomic E-state index is 0.0575. The van der Waals surface area contributed by atoms with Crippen molar-refractivity contribution in [1.29, 1.82) is 0 Å². The molecule has 1 N–H and O–H groups in total. The van der Waals surface area contributed by atoms with Gasteiger partial charge in [-0.1, -0.05) is 30.3 Å². The van der Waals surface area contributed by atoms with E-state index in [1.54, 1.807) is 18.2 Å². The van der Waals surface area contributed by atoms with Crippen LogP contribution in [0.5, 0.6) is 0 Å². The van der Waals surface area contributed by atoms with Crippen LogP contribution in [-0.4, -0.2) is 19.1 Å². The minimum atomic E-state index is -3.45. The first-order valence-corrected chi connectivity index (χ1v) is 8.23. The lowest BCUT2D eigenvalue weighted by atomic mass is 10.1. The van der Waals surface area contributed by atoms with Crippen LogP contribution in [-0.2, 0) is 22.3 Å². The Morgan fingerprint density at radius 1 is 1.24 bits per heavy atom. The van der Waals surface area contributed by atoms with E-state index in [2.05, 4.69) is 14.7 Å². The summed E-state index contributed by atoms with van der Waals surface area (Å²) in [5, 5.41) is 0. The quantitative estimate of drug-likeness (QED) is 0.942. The van der Waals surface area contributed by atoms with Crippen molar-refractivity contribution in [2.45, 2.75) is 19.2 Å². The fourth-order valence-electron chi connectivity index (χ4n) is 2.28. The normalized spacial score (nSPS) is 13.7. The summed E-state index contributed by atoms with van der Waals surface area (Å²) >= 11 is 0. The van der Waals surface area contributed by atoms with Crippen molar-refractivity contribution >= 4 is 21.4 Å². The second-order valence-corrected chi connectivity index (χ2v) is 6.69. The molecule has 0 spiro atoms. The molecule has 2 heterocycles. The summed E-state index contributed by atoms with van der Waals surface area (Å²) in [6, 6.07) is 10.9. The Bertz CT molecular complexity index is 799. The van der Waals surface area contributed by atoms with Crippen LogP contribution in [0.1, 0.15) is 23.7 Å². The highest BCUT2D eigenvalue weighted by Crippen LogP contribution is 2.21. The minimum Gasteiger partial charge on any atom is -0.283 e. The van der Waals surface area contributed by atoms with Crippen LogP contribution in [0.15, 0.2) is 47.6 Å². The first kappa shape index (κ1) is 13.8. The first-order valence-electron chi connectivity index (χ1n) is 6.58. The van der Waals surface area contributed by atoms with E-state index in [0.29, 0.717) is 12.2 Å². The van der Waals surface area contributed by atoms with Gasteiger partial charge in [0, 0.05) is 11.3 Å². The number of pyridine rings is 1. The van der Waals surface area contributed by atoms with E-state index in [0.717, 1.165) is 22.5 Å². The van der Waals surface area contributed by atoms with E-state index in [9.17, 15) is 8.42 Å². The van der Waals surface area contributed by atoms with Gasteiger partial charge in [0.15, 0.2) is 0 Å². The summed E-state index contributed by atoms with van der Waals surface area (Å²) in [6.07, 6.45) is 1.54. The lowest BCUT2D eigenvalue weighted by molar-refractivity contribution is 0.600. The molecule has 3 rings (SSSR count). The number of hydrogen-bond donors (Lipinski definition) is 1. The largest absolute Gasteiger partial charge is 0.283 e. The van der Waals surface area contributed by atoms with Crippen LogP contribution in [0.3, 0.4) is 0 Å². The number of aliphatic imine (C=N–C) groups is 1. The van der Waals surface area contributed by atoms with Crippen molar-refractivity contribution in [2.24, 2.45) is 4.99 Å². The number of nitrogens with one attached hydrogen (secondary N) is 1. The van der Waals surface area contributed by atoms with Crippen LogP contribution < -0.4 is 4.72 Å². The van der Waals surface area contributed by atoms with E-state index in [-0.39, 0.29) is 5.75 Å². The summed E-state index contributed by atoms with van der Waals surface area (Å²) in [6.45, 7) is 2.47. The lowest BCUT2D eigenvalue weighted by Crippen LogP contribution is -2.15. The van der Waals surface area contributed by atoms with Crippen LogP contribution in [0.25, 0.3) is 0 Å². The van der Waals surface area contributed by atoms with Crippen LogP contribution in [0.4, 0.5) is 5.69 Å². The highest BCUT2D eigenvalue weighted by molar-refractivity contribution is 7.91. The first-order chi connectivity index (χ1) is 10.0. The average Bonchev–Trinajstić information content (AvgIpc) is 2.80. The van der Waals surface area contributed by atoms with Crippen molar-refractivity contribution in [3.63, 3.8) is 0 Å². The Morgan fingerprint density at radius 3 is 2.76 bits per heavy atom. The molecule has 1 aliphatic heterocycles. The van der Waals surface area contributed by atoms with Gasteiger partial charge in [-0.25, -0.2) is 8.42 Å². The van der Waals surface area contributed by atoms with E-state index in [1.807, 2.05) is 25.1 Å². The summed E-state index contributed by atoms with van der Waals surface area (Å²) in [4.78, 5) is 8.55. The molecule has 6 heteroatoms. The topological polar surface area (TPSA) is 71.4 Å². The zero-order valence-electron chi connectivity index (χ0n) is 11.6. The summed E-state index contributed by atoms with van der Waals surface area (Å²) in [5.74, 6) is -0.0575. The maximum atomic E-state index is 12.2. The third kappa shape index (κ3) is 3.11. The summed E-state index contributed by atoms with van der Waals surface area (Å²) in [7, 11) is -3.45. The van der Waals surface area contributed by atoms with Gasteiger partial charge >= 0.3 is 0 Å². The van der Waals surface area contributed by atoms with Crippen LogP contribution in [0.2, 0.25) is 0 Å². The lowest BCUT2D eigenvalue weighted by Gasteiger charge is -2.09. The zero-order valence-corrected chi connectivity index (χ0v) is 12.4. The molecular formula is C15H15N3O2S. The van der Waals surface area contributed by atoms with Crippen molar-refractivity contribution in [2.75, 3.05) is 4.72 Å². The highest BCUT2D eigenvalue weighted by Gasteiger charge is 2.17. The maximum absolute atomic E-state index is 12.2. The van der Waals surface area contributed by atoms with Gasteiger partial charge in [-0.05, 0) is 18.6 Å². The fraction of sp³-hybridized carbons (Fsp3) is 0.200. The fourth-order valence-corrected chi connectivity index (χ4v) is 3.45. The van der Waals surface area contributed by atoms with Gasteiger partial charge in [0.1, 0.15) is 0 Å². The number of anilines is 1. The van der Waals surface area contributed by atoms with Gasteiger partial charge in [-0.2, -0.15) is 0 Å². The van der Waals surface area contributed by atoms with Crippen LogP contribution in [0, 0.1) is 0 Å². The van der Waals surface area contributed by atoms with E-state index >= 15 is 0 Å². The SMILES string of the molecule is CC1=NCc2ncc(NS(=O)(=O)Cc3ccccc3)cc21. The third-order valence-corrected chi connectivity index (χ3v) is 4.56. The van der Waals surface area contributed by atoms with Gasteiger partial charge in [0.25, 0.3) is 0 Å². The Hall–Kier alpha value is -2.21. The number of rotatable bonds is 4. The van der Waals surface area contributed by atoms with E-state index < -0.39 is 10.0 Å². The number of hydrogen-bond acceptors (Lipinski definition) is 4. The molecule has 5 nitrogen and oxygen atoms in total. The number of fused-ring (bicyclic) bond motifs is 1. The Balaban J connectivity index is 1.80. The molecule has 2 aromatic rings. The van der Waals surface area contributed by atoms with Gasteiger partial charge in [0.05, 0.1) is 29.9 Å². The zero-order chi connectivity index (χ0) is 14.9. The molecule has 0 aliphatic carbocycles. The van der Waals surface area contributed by atoms with Gasteiger partial charge in [0.2, 0.25) is 10.0 Å². The molecular weight excluding hydrogens is 286 g/mol. The second kappa shape index (κ2) is 5.29. The molecule has 0 radical (unpaired) electrons. The van der Waals surface area contributed by atoms with Crippen molar-refractivity contribution in [3.8, 4) is 0 Å².